The van der Waals surface area contributed by atoms with E-state index < -0.39 is 0 Å². The third-order valence-corrected chi connectivity index (χ3v) is 4.59. The van der Waals surface area contributed by atoms with Gasteiger partial charge in [-0.25, -0.2) is 4.68 Å². The van der Waals surface area contributed by atoms with Crippen LogP contribution < -0.4 is 5.32 Å². The number of hydrogen-bond acceptors (Lipinski definition) is 2. The first kappa shape index (κ1) is 14.3. The first-order chi connectivity index (χ1) is 10.1. The summed E-state index contributed by atoms with van der Waals surface area (Å²) in [6.45, 7) is 5.68. The number of aromatic nitrogens is 2. The number of nitrogens with zero attached hydrogens (tertiary/aromatic N) is 2. The van der Waals surface area contributed by atoms with E-state index in [2.05, 4.69) is 42.6 Å². The molecule has 0 saturated heterocycles. The van der Waals surface area contributed by atoms with Gasteiger partial charge in [0.05, 0.1) is 11.9 Å². The molecule has 1 saturated carbocycles. The van der Waals surface area contributed by atoms with Crippen molar-refractivity contribution in [3.8, 4) is 5.69 Å². The van der Waals surface area contributed by atoms with Gasteiger partial charge in [-0.05, 0) is 43.2 Å². The second-order valence-corrected chi connectivity index (χ2v) is 6.95. The lowest BCUT2D eigenvalue weighted by molar-refractivity contribution is 0.206. The van der Waals surface area contributed by atoms with E-state index in [0.29, 0.717) is 11.5 Å². The molecule has 3 nitrogen and oxygen atoms in total. The van der Waals surface area contributed by atoms with Crippen LogP contribution in [-0.2, 0) is 6.54 Å². The van der Waals surface area contributed by atoms with Gasteiger partial charge in [0.25, 0.3) is 0 Å². The third-order valence-electron chi connectivity index (χ3n) is 4.59. The van der Waals surface area contributed by atoms with Crippen LogP contribution in [0.1, 0.15) is 45.1 Å². The lowest BCUT2D eigenvalue weighted by Gasteiger charge is -2.34. The normalized spacial score (nSPS) is 18.8. The third kappa shape index (κ3) is 3.73. The molecule has 112 valence electrons. The van der Waals surface area contributed by atoms with Gasteiger partial charge in [-0.15, -0.1) is 0 Å². The number of hydrogen-bond donors (Lipinski definition) is 1. The van der Waals surface area contributed by atoms with Crippen molar-refractivity contribution >= 4 is 0 Å². The summed E-state index contributed by atoms with van der Waals surface area (Å²) in [6, 6.07) is 10.9. The molecule has 2 aromatic rings. The van der Waals surface area contributed by atoms with Gasteiger partial charge in [-0.3, -0.25) is 0 Å². The van der Waals surface area contributed by atoms with Crippen LogP contribution in [0, 0.1) is 5.41 Å². The van der Waals surface area contributed by atoms with Gasteiger partial charge in [0, 0.05) is 24.3 Å². The Kier molecular flexibility index (Phi) is 4.11. The molecule has 0 spiro atoms. The van der Waals surface area contributed by atoms with E-state index in [1.165, 1.54) is 31.2 Å². The lowest BCUT2D eigenvalue weighted by atomic mass is 9.75. The molecule has 0 radical (unpaired) electrons. The standard InChI is InChI=1S/C18H25N3/c1-18(2)10-8-16(9-11-18)19-12-15-13-20-21(14-15)17-6-4-3-5-7-17/h3-7,13-14,16,19H,8-12H2,1-2H3. The maximum absolute atomic E-state index is 4.45. The van der Waals surface area contributed by atoms with Crippen LogP contribution in [0.25, 0.3) is 5.69 Å². The van der Waals surface area contributed by atoms with Crippen molar-refractivity contribution in [2.75, 3.05) is 0 Å². The Labute approximate surface area is 127 Å². The summed E-state index contributed by atoms with van der Waals surface area (Å²) in [6.07, 6.45) is 9.32. The molecule has 0 atom stereocenters. The molecule has 0 unspecified atom stereocenters. The largest absolute Gasteiger partial charge is 0.310 e. The van der Waals surface area contributed by atoms with Gasteiger partial charge in [0.2, 0.25) is 0 Å². The van der Waals surface area contributed by atoms with Crippen LogP contribution in [0.4, 0.5) is 0 Å². The van der Waals surface area contributed by atoms with E-state index in [4.69, 9.17) is 0 Å². The average molecular weight is 283 g/mol. The monoisotopic (exact) mass is 283 g/mol. The molecule has 1 heterocycles. The first-order valence-electron chi connectivity index (χ1n) is 7.95. The number of benzene rings is 1. The van der Waals surface area contributed by atoms with E-state index in [0.717, 1.165) is 12.2 Å². The fourth-order valence-corrected chi connectivity index (χ4v) is 3.04. The van der Waals surface area contributed by atoms with Crippen LogP contribution in [0.2, 0.25) is 0 Å². The first-order valence-corrected chi connectivity index (χ1v) is 7.95. The average Bonchev–Trinajstić information content (AvgIpc) is 2.96. The van der Waals surface area contributed by atoms with Gasteiger partial charge in [0.15, 0.2) is 0 Å². The van der Waals surface area contributed by atoms with Crippen LogP contribution in [0.3, 0.4) is 0 Å². The molecular formula is C18H25N3. The number of rotatable bonds is 4. The van der Waals surface area contributed by atoms with Crippen LogP contribution in [0.5, 0.6) is 0 Å². The molecule has 1 aromatic heterocycles. The number of nitrogens with one attached hydrogen (secondary N) is 1. The predicted molar refractivity (Wildman–Crippen MR) is 86.4 cm³/mol. The topological polar surface area (TPSA) is 29.9 Å². The van der Waals surface area contributed by atoms with Crippen LogP contribution in [-0.4, -0.2) is 15.8 Å². The molecule has 21 heavy (non-hydrogen) atoms. The second kappa shape index (κ2) is 6.02. The molecular weight excluding hydrogens is 258 g/mol. The van der Waals surface area contributed by atoms with Crippen molar-refractivity contribution in [1.29, 1.82) is 0 Å². The van der Waals surface area contributed by atoms with Crippen molar-refractivity contribution in [1.82, 2.24) is 15.1 Å². The van der Waals surface area contributed by atoms with E-state index in [-0.39, 0.29) is 0 Å². The minimum atomic E-state index is 0.538. The Balaban J connectivity index is 1.54. The Morgan fingerprint density at radius 1 is 1.19 bits per heavy atom. The quantitative estimate of drug-likeness (QED) is 0.921. The van der Waals surface area contributed by atoms with Crippen molar-refractivity contribution in [2.45, 2.75) is 52.1 Å². The molecule has 1 aromatic carbocycles. The summed E-state index contributed by atoms with van der Waals surface area (Å²) >= 11 is 0. The second-order valence-electron chi connectivity index (χ2n) is 6.95. The molecule has 0 amide bonds. The summed E-state index contributed by atoms with van der Waals surface area (Å²) in [5.41, 5.74) is 2.91. The molecule has 3 heteroatoms. The molecule has 1 fully saturated rings. The zero-order chi connectivity index (χ0) is 14.7. The van der Waals surface area contributed by atoms with Gasteiger partial charge >= 0.3 is 0 Å². The fourth-order valence-electron chi connectivity index (χ4n) is 3.04. The van der Waals surface area contributed by atoms with Gasteiger partial charge in [-0.2, -0.15) is 5.10 Å². The molecule has 1 aliphatic carbocycles. The fraction of sp³-hybridized carbons (Fsp3) is 0.500. The summed E-state index contributed by atoms with van der Waals surface area (Å²) < 4.78 is 1.95. The van der Waals surface area contributed by atoms with Crippen molar-refractivity contribution in [3.05, 3.63) is 48.3 Å². The van der Waals surface area contributed by atoms with Crippen LogP contribution >= 0.6 is 0 Å². The summed E-state index contributed by atoms with van der Waals surface area (Å²) in [5, 5.41) is 8.14. The highest BCUT2D eigenvalue weighted by Gasteiger charge is 2.26. The Hall–Kier alpha value is -1.61. The number of para-hydroxylation sites is 1. The molecule has 1 aliphatic rings. The van der Waals surface area contributed by atoms with Crippen molar-refractivity contribution in [3.63, 3.8) is 0 Å². The zero-order valence-electron chi connectivity index (χ0n) is 13.0. The Bertz CT molecular complexity index is 561. The van der Waals surface area contributed by atoms with E-state index in [1.54, 1.807) is 0 Å². The minimum absolute atomic E-state index is 0.538. The Morgan fingerprint density at radius 2 is 1.90 bits per heavy atom. The summed E-state index contributed by atoms with van der Waals surface area (Å²) in [5.74, 6) is 0. The van der Waals surface area contributed by atoms with E-state index in [9.17, 15) is 0 Å². The highest BCUT2D eigenvalue weighted by atomic mass is 15.3. The summed E-state index contributed by atoms with van der Waals surface area (Å²) in [7, 11) is 0. The highest BCUT2D eigenvalue weighted by Crippen LogP contribution is 2.35. The van der Waals surface area contributed by atoms with Crippen molar-refractivity contribution in [2.24, 2.45) is 5.41 Å². The van der Waals surface area contributed by atoms with Gasteiger partial charge in [0.1, 0.15) is 0 Å². The highest BCUT2D eigenvalue weighted by molar-refractivity contribution is 5.30. The predicted octanol–water partition coefficient (Wildman–Crippen LogP) is 3.93. The molecule has 1 N–H and O–H groups in total. The van der Waals surface area contributed by atoms with Gasteiger partial charge < -0.3 is 5.32 Å². The molecule has 0 aliphatic heterocycles. The lowest BCUT2D eigenvalue weighted by Crippen LogP contribution is -2.35. The van der Waals surface area contributed by atoms with Crippen molar-refractivity contribution < 1.29 is 0 Å². The minimum Gasteiger partial charge on any atom is -0.310 e. The van der Waals surface area contributed by atoms with Crippen LogP contribution in [0.15, 0.2) is 42.7 Å². The maximum atomic E-state index is 4.45. The van der Waals surface area contributed by atoms with Gasteiger partial charge in [-0.1, -0.05) is 32.0 Å². The Morgan fingerprint density at radius 3 is 2.62 bits per heavy atom. The zero-order valence-corrected chi connectivity index (χ0v) is 13.0. The molecule has 0 bridgehead atoms. The molecule has 3 rings (SSSR count). The summed E-state index contributed by atoms with van der Waals surface area (Å²) in [4.78, 5) is 0. The maximum Gasteiger partial charge on any atom is 0.0645 e. The van der Waals surface area contributed by atoms with E-state index >= 15 is 0 Å². The SMILES string of the molecule is CC1(C)CCC(NCc2cnn(-c3ccccc3)c2)CC1. The smallest absolute Gasteiger partial charge is 0.0645 e. The van der Waals surface area contributed by atoms with E-state index in [1.807, 2.05) is 29.1 Å².